The topological polar surface area (TPSA) is 126 Å². The van der Waals surface area contributed by atoms with Gasteiger partial charge in [0.1, 0.15) is 0 Å². The van der Waals surface area contributed by atoms with Crippen LogP contribution in [0, 0.1) is 0 Å². The minimum atomic E-state index is -1.62. The highest BCUT2D eigenvalue weighted by molar-refractivity contribution is 5.87. The van der Waals surface area contributed by atoms with E-state index >= 15 is 0 Å². The van der Waals surface area contributed by atoms with Gasteiger partial charge in [-0.05, 0) is 0 Å². The van der Waals surface area contributed by atoms with Crippen LogP contribution in [0.15, 0.2) is 0 Å². The molecule has 90 valence electrons. The van der Waals surface area contributed by atoms with E-state index in [1.54, 1.807) is 5.32 Å². The molecule has 1 heterocycles. The number of quaternary nitrogens is 1. The Balaban J connectivity index is 2.50. The molecule has 1 rings (SSSR count). The lowest BCUT2D eigenvalue weighted by Gasteiger charge is -2.21. The predicted molar refractivity (Wildman–Crippen MR) is 46.4 cm³/mol. The van der Waals surface area contributed by atoms with Crippen LogP contribution in [0.3, 0.4) is 0 Å². The van der Waals surface area contributed by atoms with Crippen molar-refractivity contribution in [2.45, 2.75) is 31.3 Å². The van der Waals surface area contributed by atoms with Crippen molar-refractivity contribution in [3.63, 3.8) is 0 Å². The lowest BCUT2D eigenvalue weighted by Crippen LogP contribution is -2.89. The maximum atomic E-state index is 11.5. The molecule has 1 fully saturated rings. The highest BCUT2D eigenvalue weighted by Crippen LogP contribution is 1.99. The molecular weight excluding hydrogens is 216 g/mol. The van der Waals surface area contributed by atoms with Crippen LogP contribution < -0.4 is 20.8 Å². The normalized spacial score (nSPS) is 21.4. The number of carboxylic acids is 2. The molecule has 1 saturated heterocycles. The van der Waals surface area contributed by atoms with Crippen molar-refractivity contribution in [2.24, 2.45) is 0 Å². The summed E-state index contributed by atoms with van der Waals surface area (Å²) in [5.74, 6) is -3.62. The van der Waals surface area contributed by atoms with Gasteiger partial charge in [0.2, 0.25) is 0 Å². The first-order valence-corrected chi connectivity index (χ1v) is 5.05. The van der Waals surface area contributed by atoms with E-state index in [4.69, 9.17) is 0 Å². The van der Waals surface area contributed by atoms with Crippen molar-refractivity contribution < 1.29 is 29.9 Å². The van der Waals surface area contributed by atoms with E-state index in [1.807, 2.05) is 0 Å². The van der Waals surface area contributed by atoms with Crippen molar-refractivity contribution in [3.05, 3.63) is 0 Å². The summed E-state index contributed by atoms with van der Waals surface area (Å²) < 4.78 is 0. The van der Waals surface area contributed by atoms with Crippen molar-refractivity contribution >= 4 is 17.8 Å². The van der Waals surface area contributed by atoms with Gasteiger partial charge < -0.3 is 30.4 Å². The Morgan fingerprint density at radius 2 is 2.06 bits per heavy atom. The second-order valence-corrected chi connectivity index (χ2v) is 3.73. The summed E-state index contributed by atoms with van der Waals surface area (Å²) >= 11 is 0. The van der Waals surface area contributed by atoms with Crippen LogP contribution in [0.1, 0.15) is 19.3 Å². The first kappa shape index (κ1) is 12.4. The van der Waals surface area contributed by atoms with Gasteiger partial charge in [0.15, 0.2) is 6.04 Å². The fourth-order valence-electron chi connectivity index (χ4n) is 1.65. The van der Waals surface area contributed by atoms with E-state index in [-0.39, 0.29) is 6.04 Å². The number of hydrogen-bond acceptors (Lipinski definition) is 5. The molecule has 1 aliphatic heterocycles. The Morgan fingerprint density at radius 3 is 2.50 bits per heavy atom. The van der Waals surface area contributed by atoms with Crippen molar-refractivity contribution in [1.82, 2.24) is 5.32 Å². The number of aliphatic carboxylic acids is 2. The Bertz CT molecular complexity index is 298. The summed E-state index contributed by atoms with van der Waals surface area (Å²) in [4.78, 5) is 32.3. The molecular formula is C9H13N2O5-. The Kier molecular flexibility index (Phi) is 4.24. The molecule has 16 heavy (non-hydrogen) atoms. The third kappa shape index (κ3) is 3.50. The molecule has 0 aliphatic carbocycles. The van der Waals surface area contributed by atoms with Gasteiger partial charge >= 0.3 is 0 Å². The van der Waals surface area contributed by atoms with Crippen LogP contribution in [0.4, 0.5) is 0 Å². The summed E-state index contributed by atoms with van der Waals surface area (Å²) in [6.07, 6.45) is 0.770. The number of rotatable bonds is 5. The molecule has 0 bridgehead atoms. The number of carboxylic acid groups (broad SMARTS) is 2. The first-order chi connectivity index (χ1) is 7.50. The second-order valence-electron chi connectivity index (χ2n) is 3.73. The van der Waals surface area contributed by atoms with Gasteiger partial charge in [-0.3, -0.25) is 4.79 Å². The minimum absolute atomic E-state index is 0.330. The molecule has 0 saturated carbocycles. The zero-order valence-corrected chi connectivity index (χ0v) is 8.60. The van der Waals surface area contributed by atoms with Crippen molar-refractivity contribution in [2.75, 3.05) is 6.54 Å². The second kappa shape index (κ2) is 5.45. The molecule has 7 nitrogen and oxygen atoms in total. The van der Waals surface area contributed by atoms with Crippen LogP contribution >= 0.6 is 0 Å². The number of nitrogens with two attached hydrogens (primary N) is 1. The Labute approximate surface area is 91.8 Å². The van der Waals surface area contributed by atoms with Gasteiger partial charge in [0, 0.05) is 25.2 Å². The summed E-state index contributed by atoms with van der Waals surface area (Å²) in [5.41, 5.74) is 0. The average molecular weight is 229 g/mol. The molecule has 0 aromatic heterocycles. The van der Waals surface area contributed by atoms with Gasteiger partial charge in [-0.15, -0.1) is 0 Å². The maximum absolute atomic E-state index is 11.5. The maximum Gasteiger partial charge on any atom is 0.278 e. The SMILES string of the molecule is O=C([O-])C[C@H](NC(=O)[C@@H]1CCC[NH2+]1)C(=O)[O-]. The number of carbonyl (C=O) groups excluding carboxylic acids is 3. The molecule has 0 aromatic carbocycles. The van der Waals surface area contributed by atoms with Crippen molar-refractivity contribution in [1.29, 1.82) is 0 Å². The monoisotopic (exact) mass is 229 g/mol. The lowest BCUT2D eigenvalue weighted by atomic mass is 10.1. The van der Waals surface area contributed by atoms with E-state index in [2.05, 4.69) is 5.32 Å². The third-order valence-electron chi connectivity index (χ3n) is 2.48. The van der Waals surface area contributed by atoms with E-state index in [0.717, 1.165) is 13.0 Å². The summed E-state index contributed by atoms with van der Waals surface area (Å²) in [5, 5.41) is 24.7. The quantitative estimate of drug-likeness (QED) is 0.488. The summed E-state index contributed by atoms with van der Waals surface area (Å²) in [7, 11) is 0. The van der Waals surface area contributed by atoms with Gasteiger partial charge in [0.05, 0.1) is 18.6 Å². The number of carbonyl (C=O) groups is 3. The Morgan fingerprint density at radius 1 is 1.38 bits per heavy atom. The van der Waals surface area contributed by atoms with E-state index in [9.17, 15) is 24.6 Å². The smallest absolute Gasteiger partial charge is 0.278 e. The van der Waals surface area contributed by atoms with Crippen LogP contribution in [0.5, 0.6) is 0 Å². The molecule has 7 heteroatoms. The standard InChI is InChI=1S/C9H14N2O5/c12-7(13)4-6(9(15)16)11-8(14)5-2-1-3-10-5/h5-6,10H,1-4H2,(H,11,14)(H,12,13)(H,15,16)/p-1/t5-,6-/m0/s1. The van der Waals surface area contributed by atoms with Gasteiger partial charge in [-0.1, -0.05) is 0 Å². The summed E-state index contributed by atoms with van der Waals surface area (Å²) in [6, 6.07) is -1.85. The van der Waals surface area contributed by atoms with Crippen LogP contribution in [-0.2, 0) is 14.4 Å². The van der Waals surface area contributed by atoms with Gasteiger partial charge in [0.25, 0.3) is 5.91 Å². The van der Waals surface area contributed by atoms with Crippen molar-refractivity contribution in [3.8, 4) is 0 Å². The molecule has 1 amide bonds. The van der Waals surface area contributed by atoms with E-state index in [1.165, 1.54) is 0 Å². The van der Waals surface area contributed by atoms with E-state index in [0.29, 0.717) is 6.42 Å². The molecule has 2 atom stereocenters. The highest BCUT2D eigenvalue weighted by atomic mass is 16.4. The lowest BCUT2D eigenvalue weighted by molar-refractivity contribution is -0.657. The fraction of sp³-hybridized carbons (Fsp3) is 0.667. The van der Waals surface area contributed by atoms with Crippen LogP contribution in [0.25, 0.3) is 0 Å². The Hall–Kier alpha value is -1.63. The van der Waals surface area contributed by atoms with Crippen LogP contribution in [0.2, 0.25) is 0 Å². The largest absolute Gasteiger partial charge is 0.550 e. The number of amides is 1. The molecule has 0 radical (unpaired) electrons. The minimum Gasteiger partial charge on any atom is -0.550 e. The molecule has 0 spiro atoms. The molecule has 3 N–H and O–H groups in total. The molecule has 1 aliphatic rings. The zero-order chi connectivity index (χ0) is 12.1. The molecule has 0 unspecified atom stereocenters. The van der Waals surface area contributed by atoms with Gasteiger partial charge in [-0.2, -0.15) is 0 Å². The molecule has 0 aromatic rings. The third-order valence-corrected chi connectivity index (χ3v) is 2.48. The number of nitrogens with one attached hydrogen (secondary N) is 1. The number of hydrogen-bond donors (Lipinski definition) is 2. The first-order valence-electron chi connectivity index (χ1n) is 5.05. The zero-order valence-electron chi connectivity index (χ0n) is 8.60. The fourth-order valence-corrected chi connectivity index (χ4v) is 1.65. The summed E-state index contributed by atoms with van der Waals surface area (Å²) in [6.45, 7) is 0.814. The van der Waals surface area contributed by atoms with Crippen LogP contribution in [-0.4, -0.2) is 36.5 Å². The highest BCUT2D eigenvalue weighted by Gasteiger charge is 2.28. The van der Waals surface area contributed by atoms with Gasteiger partial charge in [-0.25, -0.2) is 0 Å². The van der Waals surface area contributed by atoms with E-state index < -0.39 is 30.3 Å². The average Bonchev–Trinajstić information content (AvgIpc) is 2.68. The predicted octanol–water partition coefficient (Wildman–Crippen LogP) is -4.91.